The molecule has 3 nitrogen and oxygen atoms in total. The first-order chi connectivity index (χ1) is 10.6. The van der Waals surface area contributed by atoms with Gasteiger partial charge in [0.25, 0.3) is 0 Å². The molecule has 0 unspecified atom stereocenters. The molecule has 0 bridgehead atoms. The third-order valence-corrected chi connectivity index (χ3v) is 4.90. The van der Waals surface area contributed by atoms with Gasteiger partial charge in [-0.25, -0.2) is 4.39 Å². The van der Waals surface area contributed by atoms with E-state index < -0.39 is 5.82 Å². The van der Waals surface area contributed by atoms with Crippen LogP contribution in [0.2, 0.25) is 0 Å². The van der Waals surface area contributed by atoms with E-state index in [1.807, 2.05) is 23.1 Å². The van der Waals surface area contributed by atoms with Crippen molar-refractivity contribution in [1.29, 1.82) is 0 Å². The summed E-state index contributed by atoms with van der Waals surface area (Å²) in [6.07, 6.45) is 0. The predicted octanol–water partition coefficient (Wildman–Crippen LogP) is 4.14. The highest BCUT2D eigenvalue weighted by molar-refractivity contribution is 9.10. The Morgan fingerprint density at radius 2 is 2.14 bits per heavy atom. The van der Waals surface area contributed by atoms with E-state index in [1.165, 1.54) is 11.0 Å². The summed E-state index contributed by atoms with van der Waals surface area (Å²) in [7, 11) is 0. The van der Waals surface area contributed by atoms with Gasteiger partial charge >= 0.3 is 0 Å². The van der Waals surface area contributed by atoms with E-state index in [0.717, 1.165) is 18.0 Å². The molecule has 0 atom stereocenters. The van der Waals surface area contributed by atoms with Gasteiger partial charge < -0.3 is 10.2 Å². The first-order valence-electron chi connectivity index (χ1n) is 6.85. The number of para-hydroxylation sites is 1. The van der Waals surface area contributed by atoms with Crippen LogP contribution in [0.4, 0.5) is 15.8 Å². The molecule has 22 heavy (non-hydrogen) atoms. The second-order valence-electron chi connectivity index (χ2n) is 4.91. The van der Waals surface area contributed by atoms with E-state index in [1.54, 1.807) is 23.9 Å². The molecule has 0 radical (unpaired) electrons. The van der Waals surface area contributed by atoms with Gasteiger partial charge in [0, 0.05) is 21.7 Å². The minimum Gasteiger partial charge on any atom is -0.360 e. The number of carbonyl (C=O) groups excluding carboxylic acids is 1. The molecule has 1 aliphatic rings. The Kier molecular flexibility index (Phi) is 4.69. The molecule has 0 fully saturated rings. The highest BCUT2D eigenvalue weighted by Gasteiger charge is 2.19. The molecule has 1 amide bonds. The average Bonchev–Trinajstić information content (AvgIpc) is 2.50. The number of rotatable bonds is 3. The molecule has 1 aliphatic heterocycles. The monoisotopic (exact) mass is 380 g/mol. The molecular formula is C16H14BrFN2OS. The Morgan fingerprint density at radius 3 is 2.95 bits per heavy atom. The lowest BCUT2D eigenvalue weighted by molar-refractivity contribution is -0.115. The van der Waals surface area contributed by atoms with Gasteiger partial charge in [0.15, 0.2) is 0 Å². The van der Waals surface area contributed by atoms with Crippen molar-refractivity contribution in [3.05, 3.63) is 52.8 Å². The fourth-order valence-electron chi connectivity index (χ4n) is 2.34. The number of benzene rings is 2. The van der Waals surface area contributed by atoms with Gasteiger partial charge in [-0.05, 0) is 30.3 Å². The van der Waals surface area contributed by atoms with Crippen LogP contribution in [0.1, 0.15) is 0 Å². The van der Waals surface area contributed by atoms with Gasteiger partial charge in [-0.3, -0.25) is 4.79 Å². The lowest BCUT2D eigenvalue weighted by atomic mass is 10.2. The van der Waals surface area contributed by atoms with Gasteiger partial charge in [-0.2, -0.15) is 0 Å². The van der Waals surface area contributed by atoms with E-state index in [2.05, 4.69) is 27.3 Å². The summed E-state index contributed by atoms with van der Waals surface area (Å²) in [6, 6.07) is 12.6. The molecule has 0 aliphatic carbocycles. The minimum absolute atomic E-state index is 0.202. The molecule has 0 saturated carbocycles. The number of carbonyl (C=O) groups is 1. The van der Waals surface area contributed by atoms with Gasteiger partial charge in [-0.1, -0.05) is 28.1 Å². The predicted molar refractivity (Wildman–Crippen MR) is 92.1 cm³/mol. The third kappa shape index (κ3) is 3.44. The minimum atomic E-state index is -0.447. The van der Waals surface area contributed by atoms with Crippen molar-refractivity contribution >= 4 is 45.0 Å². The third-order valence-electron chi connectivity index (χ3n) is 3.36. The smallest absolute Gasteiger partial charge is 0.243 e. The zero-order valence-electron chi connectivity index (χ0n) is 11.7. The highest BCUT2D eigenvalue weighted by atomic mass is 79.9. The van der Waals surface area contributed by atoms with Crippen molar-refractivity contribution < 1.29 is 9.18 Å². The second-order valence-corrected chi connectivity index (χ2v) is 6.96. The zero-order valence-corrected chi connectivity index (χ0v) is 14.1. The van der Waals surface area contributed by atoms with E-state index in [9.17, 15) is 9.18 Å². The maximum atomic E-state index is 13.8. The van der Waals surface area contributed by atoms with Crippen LogP contribution >= 0.6 is 27.7 Å². The first kappa shape index (κ1) is 15.4. The summed E-state index contributed by atoms with van der Waals surface area (Å²) in [5, 5.41) is 2.63. The Morgan fingerprint density at radius 1 is 1.32 bits per heavy atom. The molecule has 0 spiro atoms. The van der Waals surface area contributed by atoms with E-state index in [-0.39, 0.29) is 18.1 Å². The lowest BCUT2D eigenvalue weighted by Gasteiger charge is -2.30. The molecule has 2 aromatic rings. The average molecular weight is 381 g/mol. The topological polar surface area (TPSA) is 32.3 Å². The Bertz CT molecular complexity index is 710. The summed E-state index contributed by atoms with van der Waals surface area (Å²) in [6.45, 7) is 1.02. The van der Waals surface area contributed by atoms with Gasteiger partial charge in [0.2, 0.25) is 5.91 Å². The Labute approximate surface area is 141 Å². The molecule has 1 heterocycles. The van der Waals surface area contributed by atoms with Gasteiger partial charge in [0.05, 0.1) is 17.9 Å². The van der Waals surface area contributed by atoms with Crippen LogP contribution in [0.15, 0.2) is 51.8 Å². The van der Waals surface area contributed by atoms with E-state index in [0.29, 0.717) is 4.47 Å². The largest absolute Gasteiger partial charge is 0.360 e. The lowest BCUT2D eigenvalue weighted by Crippen LogP contribution is -2.36. The number of amides is 1. The maximum absolute atomic E-state index is 13.8. The molecule has 1 N–H and O–H groups in total. The molecule has 2 aromatic carbocycles. The molecule has 114 valence electrons. The summed E-state index contributed by atoms with van der Waals surface area (Å²) >= 11 is 4.99. The number of hydrogen-bond acceptors (Lipinski definition) is 3. The van der Waals surface area contributed by atoms with Crippen LogP contribution in [0.25, 0.3) is 0 Å². The number of thioether (sulfide) groups is 1. The van der Waals surface area contributed by atoms with Crippen LogP contribution in [-0.2, 0) is 4.79 Å². The fourth-order valence-corrected chi connectivity index (χ4v) is 3.73. The number of fused-ring (bicyclic) bond motifs is 1. The molecule has 6 heteroatoms. The van der Waals surface area contributed by atoms with Crippen molar-refractivity contribution in [2.45, 2.75) is 4.90 Å². The summed E-state index contributed by atoms with van der Waals surface area (Å²) < 4.78 is 14.4. The van der Waals surface area contributed by atoms with E-state index >= 15 is 0 Å². The number of halogens is 2. The van der Waals surface area contributed by atoms with Crippen LogP contribution in [0, 0.1) is 5.82 Å². The van der Waals surface area contributed by atoms with Gasteiger partial charge in [0.1, 0.15) is 5.82 Å². The first-order valence-corrected chi connectivity index (χ1v) is 8.63. The summed E-state index contributed by atoms with van der Waals surface area (Å²) in [5.41, 5.74) is 1.26. The molecular weight excluding hydrogens is 367 g/mol. The second kappa shape index (κ2) is 6.71. The highest BCUT2D eigenvalue weighted by Crippen LogP contribution is 2.34. The molecule has 3 rings (SSSR count). The maximum Gasteiger partial charge on any atom is 0.243 e. The number of nitrogens with zero attached hydrogens (tertiary/aromatic N) is 1. The van der Waals surface area contributed by atoms with Gasteiger partial charge in [-0.15, -0.1) is 11.8 Å². The number of nitrogens with one attached hydrogen (secondary N) is 1. The van der Waals surface area contributed by atoms with Crippen molar-refractivity contribution in [1.82, 2.24) is 0 Å². The number of anilines is 2. The normalized spacial score (nSPS) is 13.6. The van der Waals surface area contributed by atoms with Crippen LogP contribution in [0.3, 0.4) is 0 Å². The number of hydrogen-bond donors (Lipinski definition) is 1. The Balaban J connectivity index is 1.70. The van der Waals surface area contributed by atoms with Crippen LogP contribution < -0.4 is 10.2 Å². The van der Waals surface area contributed by atoms with Crippen molar-refractivity contribution in [3.8, 4) is 0 Å². The van der Waals surface area contributed by atoms with Crippen molar-refractivity contribution in [2.24, 2.45) is 0 Å². The standard InChI is InChI=1S/C16H14BrFN2OS/c17-11-5-6-13(12(18)9-11)19-16(21)10-20-7-8-22-15-4-2-1-3-14(15)20/h1-6,9H,7-8,10H2,(H,19,21). The Hall–Kier alpha value is -1.53. The molecule has 0 saturated heterocycles. The van der Waals surface area contributed by atoms with E-state index in [4.69, 9.17) is 0 Å². The van der Waals surface area contributed by atoms with Crippen molar-refractivity contribution in [2.75, 3.05) is 29.1 Å². The van der Waals surface area contributed by atoms with Crippen molar-refractivity contribution in [3.63, 3.8) is 0 Å². The fraction of sp³-hybridized carbons (Fsp3) is 0.188. The molecule has 0 aromatic heterocycles. The quantitative estimate of drug-likeness (QED) is 0.868. The summed E-state index contributed by atoms with van der Waals surface area (Å²) in [4.78, 5) is 15.4. The SMILES string of the molecule is O=C(CN1CCSc2ccccc21)Nc1ccc(Br)cc1F. The van der Waals surface area contributed by atoms with Crippen LogP contribution in [0.5, 0.6) is 0 Å². The zero-order chi connectivity index (χ0) is 15.5. The summed E-state index contributed by atoms with van der Waals surface area (Å²) in [5.74, 6) is 0.275. The van der Waals surface area contributed by atoms with Crippen LogP contribution in [-0.4, -0.2) is 24.7 Å².